The molecule has 1 atom stereocenters. The Balaban J connectivity index is 1.44. The SMILES string of the molecule is CCSc1ccc(CNc2nc3cnc(-c4c(OC)ncnc4C4CC4)nc3n(C3(C)CC3(F)F)c2=O)nc1. The van der Waals surface area contributed by atoms with Crippen molar-refractivity contribution in [2.75, 3.05) is 18.2 Å². The summed E-state index contributed by atoms with van der Waals surface area (Å²) in [6.45, 7) is 3.61. The zero-order valence-corrected chi connectivity index (χ0v) is 22.4. The number of nitrogens with zero attached hydrogens (tertiary/aromatic N) is 7. The number of hydrogen-bond acceptors (Lipinski definition) is 10. The molecule has 0 bridgehead atoms. The molecule has 13 heteroatoms. The van der Waals surface area contributed by atoms with Crippen molar-refractivity contribution in [3.8, 4) is 17.3 Å². The molecule has 0 aromatic carbocycles. The van der Waals surface area contributed by atoms with E-state index in [0.717, 1.165) is 33.8 Å². The van der Waals surface area contributed by atoms with Gasteiger partial charge in [0.25, 0.3) is 11.5 Å². The first-order chi connectivity index (χ1) is 18.8. The average Bonchev–Trinajstić information content (AvgIpc) is 3.84. The van der Waals surface area contributed by atoms with Crippen LogP contribution in [0.25, 0.3) is 22.6 Å². The highest BCUT2D eigenvalue weighted by Crippen LogP contribution is 2.58. The van der Waals surface area contributed by atoms with E-state index in [-0.39, 0.29) is 41.1 Å². The third kappa shape index (κ3) is 4.48. The summed E-state index contributed by atoms with van der Waals surface area (Å²) in [6.07, 6.45) is 6.05. The molecular weight excluding hydrogens is 526 g/mol. The molecule has 0 aliphatic heterocycles. The fourth-order valence-electron chi connectivity index (χ4n) is 4.66. The maximum absolute atomic E-state index is 14.7. The van der Waals surface area contributed by atoms with Crippen LogP contribution in [0.15, 0.2) is 40.5 Å². The zero-order valence-electron chi connectivity index (χ0n) is 21.6. The van der Waals surface area contributed by atoms with Gasteiger partial charge in [0.05, 0.1) is 31.2 Å². The van der Waals surface area contributed by atoms with Crippen LogP contribution in [-0.2, 0) is 12.1 Å². The lowest BCUT2D eigenvalue weighted by Crippen LogP contribution is -2.35. The van der Waals surface area contributed by atoms with Crippen molar-refractivity contribution in [2.24, 2.45) is 0 Å². The van der Waals surface area contributed by atoms with Gasteiger partial charge in [0.15, 0.2) is 17.3 Å². The van der Waals surface area contributed by atoms with Gasteiger partial charge in [0, 0.05) is 23.4 Å². The van der Waals surface area contributed by atoms with E-state index in [1.807, 2.05) is 12.1 Å². The molecule has 4 heterocycles. The van der Waals surface area contributed by atoms with Crippen LogP contribution in [0.4, 0.5) is 14.6 Å². The second kappa shape index (κ2) is 9.47. The summed E-state index contributed by atoms with van der Waals surface area (Å²) in [5, 5.41) is 2.98. The number of rotatable bonds is 9. The van der Waals surface area contributed by atoms with Crippen LogP contribution in [0, 0.1) is 0 Å². The van der Waals surface area contributed by atoms with Gasteiger partial charge in [0.2, 0.25) is 5.88 Å². The van der Waals surface area contributed by atoms with Crippen molar-refractivity contribution in [1.82, 2.24) is 34.5 Å². The lowest BCUT2D eigenvalue weighted by Gasteiger charge is -2.19. The number of anilines is 1. The molecule has 4 aromatic heterocycles. The molecule has 0 saturated heterocycles. The molecule has 2 aliphatic carbocycles. The minimum atomic E-state index is -3.07. The monoisotopic (exact) mass is 552 g/mol. The fourth-order valence-corrected chi connectivity index (χ4v) is 5.28. The van der Waals surface area contributed by atoms with Gasteiger partial charge in [-0.1, -0.05) is 6.92 Å². The largest absolute Gasteiger partial charge is 0.480 e. The molecule has 1 unspecified atom stereocenters. The van der Waals surface area contributed by atoms with E-state index in [2.05, 4.69) is 42.1 Å². The van der Waals surface area contributed by atoms with Crippen molar-refractivity contribution in [3.05, 3.63) is 52.6 Å². The van der Waals surface area contributed by atoms with Crippen molar-refractivity contribution in [2.45, 2.75) is 61.9 Å². The lowest BCUT2D eigenvalue weighted by molar-refractivity contribution is 0.0733. The number of fused-ring (bicyclic) bond motifs is 1. The normalized spacial score (nSPS) is 19.7. The molecule has 39 heavy (non-hydrogen) atoms. The summed E-state index contributed by atoms with van der Waals surface area (Å²) in [5.74, 6) is -1.52. The minimum Gasteiger partial charge on any atom is -0.480 e. The Morgan fingerprint density at radius 3 is 2.59 bits per heavy atom. The molecule has 1 N–H and O–H groups in total. The van der Waals surface area contributed by atoms with Gasteiger partial charge in [-0.05, 0) is 37.7 Å². The minimum absolute atomic E-state index is 0.0157. The first-order valence-electron chi connectivity index (χ1n) is 12.6. The summed E-state index contributed by atoms with van der Waals surface area (Å²) in [6, 6.07) is 3.80. The van der Waals surface area contributed by atoms with E-state index in [0.29, 0.717) is 11.3 Å². The standard InChI is InChI=1S/C26H26F2N8O2S/c1-4-39-16-8-7-15(29-10-16)9-30-21-24(37)36(25(2)12-26(25,27)28)22-17(34-21)11-31-20(35-22)18-19(14-5-6-14)32-13-33-23(18)38-3/h7-8,10-11,13-14H,4-6,9,12H2,1-3H3,(H,30,34). The van der Waals surface area contributed by atoms with Crippen LogP contribution >= 0.6 is 11.8 Å². The second-order valence-corrected chi connectivity index (χ2v) is 11.2. The van der Waals surface area contributed by atoms with Crippen molar-refractivity contribution < 1.29 is 13.5 Å². The van der Waals surface area contributed by atoms with Gasteiger partial charge in [-0.3, -0.25) is 14.3 Å². The first-order valence-corrected chi connectivity index (χ1v) is 13.6. The van der Waals surface area contributed by atoms with E-state index < -0.39 is 23.4 Å². The van der Waals surface area contributed by atoms with Crippen molar-refractivity contribution in [1.29, 1.82) is 0 Å². The Morgan fingerprint density at radius 2 is 1.95 bits per heavy atom. The maximum Gasteiger partial charge on any atom is 0.295 e. The van der Waals surface area contributed by atoms with Crippen LogP contribution < -0.4 is 15.6 Å². The third-order valence-corrected chi connectivity index (χ3v) is 7.95. The number of methoxy groups -OCH3 is 1. The fraction of sp³-hybridized carbons (Fsp3) is 0.423. The van der Waals surface area contributed by atoms with Gasteiger partial charge < -0.3 is 10.1 Å². The van der Waals surface area contributed by atoms with E-state index >= 15 is 0 Å². The Bertz CT molecular complexity index is 1630. The van der Waals surface area contributed by atoms with Gasteiger partial charge >= 0.3 is 0 Å². The van der Waals surface area contributed by atoms with E-state index in [9.17, 15) is 13.6 Å². The smallest absolute Gasteiger partial charge is 0.295 e. The molecule has 4 aromatic rings. The average molecular weight is 553 g/mol. The highest BCUT2D eigenvalue weighted by molar-refractivity contribution is 7.99. The van der Waals surface area contributed by atoms with Crippen molar-refractivity contribution in [3.63, 3.8) is 0 Å². The zero-order chi connectivity index (χ0) is 27.4. The number of thioether (sulfide) groups is 1. The summed E-state index contributed by atoms with van der Waals surface area (Å²) >= 11 is 1.67. The number of hydrogen-bond donors (Lipinski definition) is 1. The quantitative estimate of drug-likeness (QED) is 0.299. The van der Waals surface area contributed by atoms with Crippen LogP contribution in [0.3, 0.4) is 0 Å². The molecule has 0 spiro atoms. The Kier molecular flexibility index (Phi) is 6.20. The summed E-state index contributed by atoms with van der Waals surface area (Å²) in [7, 11) is 1.48. The van der Waals surface area contributed by atoms with Gasteiger partial charge in [0.1, 0.15) is 22.9 Å². The molecule has 202 valence electrons. The number of nitrogens with one attached hydrogen (secondary N) is 1. The van der Waals surface area contributed by atoms with E-state index in [1.165, 1.54) is 26.6 Å². The number of pyridine rings is 1. The van der Waals surface area contributed by atoms with Crippen LogP contribution in [0.1, 0.15) is 50.4 Å². The Labute approximate surface area is 226 Å². The summed E-state index contributed by atoms with van der Waals surface area (Å²) < 4.78 is 35.9. The topological polar surface area (TPSA) is 121 Å². The number of ether oxygens (including phenoxy) is 1. The predicted octanol–water partition coefficient (Wildman–Crippen LogP) is 4.40. The van der Waals surface area contributed by atoms with Crippen LogP contribution in [-0.4, -0.2) is 53.3 Å². The van der Waals surface area contributed by atoms with Gasteiger partial charge in [-0.25, -0.2) is 33.7 Å². The molecular formula is C26H26F2N8O2S. The van der Waals surface area contributed by atoms with Gasteiger partial charge in [-0.15, -0.1) is 11.8 Å². The van der Waals surface area contributed by atoms with E-state index in [4.69, 9.17) is 4.74 Å². The second-order valence-electron chi connectivity index (χ2n) is 9.85. The molecule has 0 radical (unpaired) electrons. The van der Waals surface area contributed by atoms with Crippen LogP contribution in [0.5, 0.6) is 5.88 Å². The van der Waals surface area contributed by atoms with E-state index in [1.54, 1.807) is 18.0 Å². The summed E-state index contributed by atoms with van der Waals surface area (Å²) in [4.78, 5) is 41.2. The molecule has 6 rings (SSSR count). The highest BCUT2D eigenvalue weighted by Gasteiger charge is 2.70. The first kappa shape index (κ1) is 25.5. The highest BCUT2D eigenvalue weighted by atomic mass is 32.2. The van der Waals surface area contributed by atoms with Crippen LogP contribution in [0.2, 0.25) is 0 Å². The number of halogens is 2. The predicted molar refractivity (Wildman–Crippen MR) is 142 cm³/mol. The molecule has 10 nitrogen and oxygen atoms in total. The van der Waals surface area contributed by atoms with Crippen molar-refractivity contribution >= 4 is 28.7 Å². The maximum atomic E-state index is 14.7. The molecule has 2 aliphatic rings. The number of alkyl halides is 2. The lowest BCUT2D eigenvalue weighted by atomic mass is 10.1. The molecule has 2 saturated carbocycles. The Morgan fingerprint density at radius 1 is 1.15 bits per heavy atom. The third-order valence-electron chi connectivity index (χ3n) is 7.09. The van der Waals surface area contributed by atoms with Gasteiger partial charge in [-0.2, -0.15) is 0 Å². The molecule has 2 fully saturated rings. The Hall–Kier alpha value is -3.74. The summed E-state index contributed by atoms with van der Waals surface area (Å²) in [5.41, 5.74) is -0.306. The molecule has 0 amide bonds. The number of aromatic nitrogens is 7.